The Morgan fingerprint density at radius 3 is 2.00 bits per heavy atom. The Morgan fingerprint density at radius 1 is 0.550 bits per heavy atom. The fourth-order valence-corrected chi connectivity index (χ4v) is 6.76. The van der Waals surface area contributed by atoms with Gasteiger partial charge < -0.3 is 0 Å². The predicted molar refractivity (Wildman–Crippen MR) is 87.6 cm³/mol. The van der Waals surface area contributed by atoms with Crippen molar-refractivity contribution < 1.29 is 0 Å². The van der Waals surface area contributed by atoms with Gasteiger partial charge in [0.1, 0.15) is 0 Å². The van der Waals surface area contributed by atoms with Crippen LogP contribution < -0.4 is 0 Å². The fraction of sp³-hybridized carbons (Fsp3) is 1.00. The van der Waals surface area contributed by atoms with Gasteiger partial charge in [-0.15, -0.1) is 0 Å². The molecular weight excluding hydrogens is 240 g/mol. The topological polar surface area (TPSA) is 0 Å². The van der Waals surface area contributed by atoms with E-state index in [9.17, 15) is 0 Å². The first-order chi connectivity index (χ1) is 9.83. The summed E-state index contributed by atoms with van der Waals surface area (Å²) in [7, 11) is 0. The fourth-order valence-electron chi connectivity index (χ4n) is 6.76. The molecular formula is C20H36. The van der Waals surface area contributed by atoms with Gasteiger partial charge in [0.2, 0.25) is 0 Å². The second kappa shape index (κ2) is 6.41. The van der Waals surface area contributed by atoms with E-state index in [1.807, 2.05) is 13.8 Å². The number of hydrogen-bond donors (Lipinski definition) is 0. The molecule has 0 aliphatic heterocycles. The molecule has 0 heterocycles. The molecule has 4 aliphatic rings. The highest BCUT2D eigenvalue weighted by Gasteiger charge is 2.49. The molecule has 0 amide bonds. The zero-order valence-electron chi connectivity index (χ0n) is 14.1. The molecule has 0 heteroatoms. The lowest BCUT2D eigenvalue weighted by molar-refractivity contribution is -0.0185. The monoisotopic (exact) mass is 276 g/mol. The maximum absolute atomic E-state index is 2.51. The van der Waals surface area contributed by atoms with Crippen molar-refractivity contribution in [3.05, 3.63) is 0 Å². The summed E-state index contributed by atoms with van der Waals surface area (Å²) < 4.78 is 0. The average Bonchev–Trinajstić information content (AvgIpc) is 2.89. The first kappa shape index (κ1) is 14.9. The van der Waals surface area contributed by atoms with Crippen molar-refractivity contribution in [3.8, 4) is 0 Å². The molecule has 20 heavy (non-hydrogen) atoms. The summed E-state index contributed by atoms with van der Waals surface area (Å²) in [6.45, 7) is 6.51. The molecule has 4 saturated carbocycles. The van der Waals surface area contributed by atoms with Crippen LogP contribution in [-0.2, 0) is 0 Å². The second-order valence-corrected chi connectivity index (χ2v) is 8.19. The Balaban J connectivity index is 0.000000581. The van der Waals surface area contributed by atoms with Gasteiger partial charge in [0, 0.05) is 0 Å². The molecule has 0 bridgehead atoms. The first-order valence-corrected chi connectivity index (χ1v) is 9.83. The molecule has 7 unspecified atom stereocenters. The van der Waals surface area contributed by atoms with Gasteiger partial charge in [-0.1, -0.05) is 40.0 Å². The first-order valence-electron chi connectivity index (χ1n) is 9.83. The molecule has 0 nitrogen and oxygen atoms in total. The second-order valence-electron chi connectivity index (χ2n) is 8.19. The Morgan fingerprint density at radius 2 is 1.20 bits per heavy atom. The minimum absolute atomic E-state index is 1.04. The van der Waals surface area contributed by atoms with Crippen LogP contribution in [0.1, 0.15) is 85.0 Å². The molecule has 4 rings (SSSR count). The zero-order chi connectivity index (χ0) is 14.1. The molecule has 0 N–H and O–H groups in total. The van der Waals surface area contributed by atoms with Crippen LogP contribution in [0.3, 0.4) is 0 Å². The van der Waals surface area contributed by atoms with Crippen LogP contribution in [0.2, 0.25) is 0 Å². The Hall–Kier alpha value is 0. The van der Waals surface area contributed by atoms with Crippen LogP contribution in [0.25, 0.3) is 0 Å². The van der Waals surface area contributed by atoms with E-state index in [2.05, 4.69) is 6.92 Å². The maximum atomic E-state index is 2.51. The van der Waals surface area contributed by atoms with Crippen LogP contribution in [0.4, 0.5) is 0 Å². The van der Waals surface area contributed by atoms with Gasteiger partial charge >= 0.3 is 0 Å². The highest BCUT2D eigenvalue weighted by atomic mass is 14.5. The van der Waals surface area contributed by atoms with Gasteiger partial charge in [-0.2, -0.15) is 0 Å². The van der Waals surface area contributed by atoms with Crippen LogP contribution >= 0.6 is 0 Å². The van der Waals surface area contributed by atoms with E-state index in [1.54, 1.807) is 64.2 Å². The van der Waals surface area contributed by atoms with Crippen molar-refractivity contribution in [3.63, 3.8) is 0 Å². The van der Waals surface area contributed by atoms with Crippen molar-refractivity contribution in [1.29, 1.82) is 0 Å². The van der Waals surface area contributed by atoms with Gasteiger partial charge in [0.25, 0.3) is 0 Å². The van der Waals surface area contributed by atoms with E-state index in [0.29, 0.717) is 0 Å². The van der Waals surface area contributed by atoms with E-state index < -0.39 is 0 Å². The molecule has 4 fully saturated rings. The van der Waals surface area contributed by atoms with Crippen molar-refractivity contribution in [1.82, 2.24) is 0 Å². The summed E-state index contributed by atoms with van der Waals surface area (Å²) in [4.78, 5) is 0. The standard InChI is InChI=1S/C18H30.C2H6/c1-12-10-14-7-9-16-15-5-3-2-4-13(15)6-8-17(16)18(14)11-12;1-2/h12-18H,2-11H2,1H3;1-2H3. The van der Waals surface area contributed by atoms with Crippen molar-refractivity contribution in [2.75, 3.05) is 0 Å². The van der Waals surface area contributed by atoms with E-state index >= 15 is 0 Å². The lowest BCUT2D eigenvalue weighted by atomic mass is 9.54. The lowest BCUT2D eigenvalue weighted by Gasteiger charge is -2.51. The molecule has 0 aromatic heterocycles. The van der Waals surface area contributed by atoms with Crippen molar-refractivity contribution >= 4 is 0 Å². The lowest BCUT2D eigenvalue weighted by Crippen LogP contribution is -2.43. The summed E-state index contributed by atoms with van der Waals surface area (Å²) in [5.41, 5.74) is 0. The number of hydrogen-bond acceptors (Lipinski definition) is 0. The third-order valence-electron chi connectivity index (χ3n) is 7.34. The summed E-state index contributed by atoms with van der Waals surface area (Å²) in [6, 6.07) is 0. The Bertz CT molecular complexity index is 293. The number of rotatable bonds is 0. The van der Waals surface area contributed by atoms with Gasteiger partial charge in [-0.3, -0.25) is 0 Å². The Kier molecular flexibility index (Phi) is 4.78. The quantitative estimate of drug-likeness (QED) is 0.487. The van der Waals surface area contributed by atoms with Crippen LogP contribution in [-0.4, -0.2) is 0 Å². The molecule has 4 aliphatic carbocycles. The molecule has 0 radical (unpaired) electrons. The molecule has 7 atom stereocenters. The highest BCUT2D eigenvalue weighted by molar-refractivity contribution is 4.99. The Labute approximate surface area is 127 Å². The number of fused-ring (bicyclic) bond motifs is 5. The summed E-state index contributed by atoms with van der Waals surface area (Å²) >= 11 is 0. The van der Waals surface area contributed by atoms with Crippen LogP contribution in [0, 0.1) is 41.4 Å². The largest absolute Gasteiger partial charge is 0.0683 e. The van der Waals surface area contributed by atoms with Crippen LogP contribution in [0.5, 0.6) is 0 Å². The minimum atomic E-state index is 1.04. The normalized spacial score (nSPS) is 50.2. The highest BCUT2D eigenvalue weighted by Crippen LogP contribution is 2.58. The molecule has 0 aromatic carbocycles. The van der Waals surface area contributed by atoms with Gasteiger partial charge in [0.15, 0.2) is 0 Å². The average molecular weight is 277 g/mol. The summed E-state index contributed by atoms with van der Waals surface area (Å²) in [5, 5.41) is 0. The van der Waals surface area contributed by atoms with Gasteiger partial charge in [-0.05, 0) is 86.4 Å². The van der Waals surface area contributed by atoms with E-state index in [-0.39, 0.29) is 0 Å². The van der Waals surface area contributed by atoms with Gasteiger partial charge in [-0.25, -0.2) is 0 Å². The predicted octanol–water partition coefficient (Wildman–Crippen LogP) is 6.30. The van der Waals surface area contributed by atoms with E-state index in [1.165, 1.54) is 0 Å². The molecule has 0 spiro atoms. The molecule has 116 valence electrons. The molecule has 0 aromatic rings. The van der Waals surface area contributed by atoms with E-state index in [0.717, 1.165) is 41.4 Å². The third kappa shape index (κ3) is 2.57. The molecule has 0 saturated heterocycles. The summed E-state index contributed by atoms with van der Waals surface area (Å²) in [5.74, 6) is 7.97. The van der Waals surface area contributed by atoms with Crippen molar-refractivity contribution in [2.45, 2.75) is 85.0 Å². The SMILES string of the molecule is CC.CC1CC2CCC3C4CCCCC4CCC3C2C1. The summed E-state index contributed by atoms with van der Waals surface area (Å²) in [6.07, 6.45) is 15.8. The zero-order valence-corrected chi connectivity index (χ0v) is 14.1. The van der Waals surface area contributed by atoms with Gasteiger partial charge in [0.05, 0.1) is 0 Å². The van der Waals surface area contributed by atoms with Crippen molar-refractivity contribution in [2.24, 2.45) is 41.4 Å². The maximum Gasteiger partial charge on any atom is -0.0352 e. The minimum Gasteiger partial charge on any atom is -0.0683 e. The van der Waals surface area contributed by atoms with Crippen LogP contribution in [0.15, 0.2) is 0 Å². The third-order valence-corrected chi connectivity index (χ3v) is 7.34. The smallest absolute Gasteiger partial charge is 0.0352 e. The van der Waals surface area contributed by atoms with E-state index in [4.69, 9.17) is 0 Å².